The molecule has 2 rings (SSSR count). The molecule has 2 aromatic rings. The van der Waals surface area contributed by atoms with Crippen LogP contribution in [0.4, 0.5) is 18.9 Å². The van der Waals surface area contributed by atoms with Gasteiger partial charge in [0.25, 0.3) is 11.8 Å². The van der Waals surface area contributed by atoms with Gasteiger partial charge in [-0.25, -0.2) is 0 Å². The summed E-state index contributed by atoms with van der Waals surface area (Å²) in [5.74, 6) is -1.98. The third-order valence-electron chi connectivity index (χ3n) is 3.30. The smallest absolute Gasteiger partial charge is 0.416 e. The van der Waals surface area contributed by atoms with E-state index in [2.05, 4.69) is 10.6 Å². The average molecular weight is 400 g/mol. The van der Waals surface area contributed by atoms with Gasteiger partial charge in [-0.05, 0) is 42.6 Å². The van der Waals surface area contributed by atoms with E-state index in [9.17, 15) is 27.6 Å². The van der Waals surface area contributed by atoms with Crippen LogP contribution in [0.1, 0.15) is 22.2 Å². The number of halogens is 3. The number of hydrogen-bond donors (Lipinski definition) is 2. The van der Waals surface area contributed by atoms with Gasteiger partial charge in [-0.3, -0.25) is 14.4 Å². The van der Waals surface area contributed by atoms with Crippen molar-refractivity contribution in [1.82, 2.24) is 5.32 Å². The minimum absolute atomic E-state index is 0.127. The lowest BCUT2D eigenvalue weighted by Crippen LogP contribution is -2.35. The Bertz CT molecular complexity index is 805. The van der Waals surface area contributed by atoms with Crippen LogP contribution >= 0.6 is 11.3 Å². The highest BCUT2D eigenvalue weighted by Gasteiger charge is 2.30. The molecule has 0 fully saturated rings. The van der Waals surface area contributed by atoms with E-state index in [1.807, 2.05) is 0 Å². The lowest BCUT2D eigenvalue weighted by molar-refractivity contribution is -0.152. The fourth-order valence-electron chi connectivity index (χ4n) is 1.93. The van der Waals surface area contributed by atoms with Gasteiger partial charge in [0.1, 0.15) is 6.54 Å². The second-order valence-electron chi connectivity index (χ2n) is 5.36. The van der Waals surface area contributed by atoms with Crippen molar-refractivity contribution in [3.63, 3.8) is 0 Å². The van der Waals surface area contributed by atoms with Gasteiger partial charge in [0, 0.05) is 5.69 Å². The van der Waals surface area contributed by atoms with Crippen molar-refractivity contribution >= 4 is 34.8 Å². The van der Waals surface area contributed by atoms with Gasteiger partial charge in [-0.2, -0.15) is 13.2 Å². The number of thiophene rings is 1. The summed E-state index contributed by atoms with van der Waals surface area (Å²) in [6, 6.07) is 7.11. The zero-order valence-electron chi connectivity index (χ0n) is 14.0. The van der Waals surface area contributed by atoms with Crippen molar-refractivity contribution in [3.05, 3.63) is 52.2 Å². The van der Waals surface area contributed by atoms with E-state index < -0.39 is 42.2 Å². The summed E-state index contributed by atoms with van der Waals surface area (Å²) in [6.07, 6.45) is -5.67. The number of amides is 2. The average Bonchev–Trinajstić information content (AvgIpc) is 3.14. The zero-order chi connectivity index (χ0) is 20.0. The summed E-state index contributed by atoms with van der Waals surface area (Å²) in [7, 11) is 0. The zero-order valence-corrected chi connectivity index (χ0v) is 14.8. The molecule has 0 aliphatic carbocycles. The van der Waals surface area contributed by atoms with Gasteiger partial charge in [0.05, 0.1) is 10.4 Å². The first-order valence-electron chi connectivity index (χ1n) is 7.66. The summed E-state index contributed by atoms with van der Waals surface area (Å²) < 4.78 is 42.4. The summed E-state index contributed by atoms with van der Waals surface area (Å²) in [5.41, 5.74) is -0.719. The molecule has 0 aliphatic rings. The SMILES string of the molecule is C[C@@H](OC(=O)CNC(=O)c1cccs1)C(=O)Nc1ccc(C(F)(F)F)cc1. The molecular formula is C17H15F3N2O4S. The number of alkyl halides is 3. The van der Waals surface area contributed by atoms with E-state index in [-0.39, 0.29) is 5.69 Å². The summed E-state index contributed by atoms with van der Waals surface area (Å²) in [4.78, 5) is 35.8. The van der Waals surface area contributed by atoms with E-state index in [0.717, 1.165) is 24.3 Å². The number of esters is 1. The van der Waals surface area contributed by atoms with Crippen LogP contribution in [0.3, 0.4) is 0 Å². The number of carbonyl (C=O) groups is 3. The van der Waals surface area contributed by atoms with Gasteiger partial charge in [-0.1, -0.05) is 6.07 Å². The Hall–Kier alpha value is -2.88. The number of nitrogens with one attached hydrogen (secondary N) is 2. The Morgan fingerprint density at radius 3 is 2.37 bits per heavy atom. The highest BCUT2D eigenvalue weighted by Crippen LogP contribution is 2.29. The third kappa shape index (κ3) is 6.10. The van der Waals surface area contributed by atoms with Crippen molar-refractivity contribution in [1.29, 1.82) is 0 Å². The first-order chi connectivity index (χ1) is 12.7. The lowest BCUT2D eigenvalue weighted by atomic mass is 10.2. The Morgan fingerprint density at radius 2 is 1.81 bits per heavy atom. The van der Waals surface area contributed by atoms with E-state index in [1.54, 1.807) is 17.5 Å². The van der Waals surface area contributed by atoms with Gasteiger partial charge in [0.15, 0.2) is 6.10 Å². The van der Waals surface area contributed by atoms with Crippen LogP contribution < -0.4 is 10.6 Å². The van der Waals surface area contributed by atoms with Crippen LogP contribution in [0.5, 0.6) is 0 Å². The Kier molecular flexibility index (Phi) is 6.56. The van der Waals surface area contributed by atoms with Crippen LogP contribution in [0.25, 0.3) is 0 Å². The largest absolute Gasteiger partial charge is 0.451 e. The number of anilines is 1. The van der Waals surface area contributed by atoms with E-state index in [0.29, 0.717) is 4.88 Å². The second kappa shape index (κ2) is 8.67. The molecule has 0 unspecified atom stereocenters. The maximum Gasteiger partial charge on any atom is 0.416 e. The van der Waals surface area contributed by atoms with Crippen LogP contribution in [-0.2, 0) is 20.5 Å². The summed E-state index contributed by atoms with van der Waals surface area (Å²) in [6.45, 7) is 0.882. The Morgan fingerprint density at radius 1 is 1.15 bits per heavy atom. The highest BCUT2D eigenvalue weighted by atomic mass is 32.1. The molecule has 1 atom stereocenters. The van der Waals surface area contributed by atoms with E-state index >= 15 is 0 Å². The molecule has 144 valence electrons. The summed E-state index contributed by atoms with van der Waals surface area (Å²) in [5, 5.41) is 6.41. The standard InChI is InChI=1S/C17H15F3N2O4S/c1-10(26-14(23)9-21-16(25)13-3-2-8-27-13)15(24)22-12-6-4-11(5-7-12)17(18,19)20/h2-8,10H,9H2,1H3,(H,21,25)(H,22,24)/t10-/m1/s1. The molecule has 0 saturated heterocycles. The molecule has 0 saturated carbocycles. The third-order valence-corrected chi connectivity index (χ3v) is 4.16. The Balaban J connectivity index is 1.80. The molecule has 0 aliphatic heterocycles. The van der Waals surface area contributed by atoms with Crippen molar-refractivity contribution in [2.24, 2.45) is 0 Å². The molecule has 0 radical (unpaired) electrons. The molecule has 0 bridgehead atoms. The van der Waals surface area contributed by atoms with E-state index in [1.165, 1.54) is 18.3 Å². The normalized spacial score (nSPS) is 12.1. The monoisotopic (exact) mass is 400 g/mol. The van der Waals surface area contributed by atoms with Crippen molar-refractivity contribution in [2.45, 2.75) is 19.2 Å². The van der Waals surface area contributed by atoms with Crippen LogP contribution in [0.15, 0.2) is 41.8 Å². The van der Waals surface area contributed by atoms with Gasteiger partial charge in [0.2, 0.25) is 0 Å². The van der Waals surface area contributed by atoms with Crippen molar-refractivity contribution < 1.29 is 32.3 Å². The van der Waals surface area contributed by atoms with Crippen LogP contribution in [0.2, 0.25) is 0 Å². The van der Waals surface area contributed by atoms with Crippen LogP contribution in [-0.4, -0.2) is 30.4 Å². The Labute approximate surface area is 156 Å². The minimum Gasteiger partial charge on any atom is -0.451 e. The molecule has 6 nitrogen and oxygen atoms in total. The fourth-order valence-corrected chi connectivity index (χ4v) is 2.57. The molecule has 2 N–H and O–H groups in total. The van der Waals surface area contributed by atoms with Crippen LogP contribution in [0, 0.1) is 0 Å². The van der Waals surface area contributed by atoms with Gasteiger partial charge < -0.3 is 15.4 Å². The molecule has 1 heterocycles. The molecule has 2 amide bonds. The van der Waals surface area contributed by atoms with Gasteiger partial charge >= 0.3 is 12.1 Å². The summed E-state index contributed by atoms with van der Waals surface area (Å²) >= 11 is 1.21. The highest BCUT2D eigenvalue weighted by molar-refractivity contribution is 7.12. The quantitative estimate of drug-likeness (QED) is 0.730. The fraction of sp³-hybridized carbons (Fsp3) is 0.235. The maximum absolute atomic E-state index is 12.5. The first-order valence-corrected chi connectivity index (χ1v) is 8.54. The topological polar surface area (TPSA) is 84.5 Å². The van der Waals surface area contributed by atoms with Crippen molar-refractivity contribution in [3.8, 4) is 0 Å². The second-order valence-corrected chi connectivity index (χ2v) is 6.30. The number of rotatable bonds is 6. The molecular weight excluding hydrogens is 385 g/mol. The van der Waals surface area contributed by atoms with E-state index in [4.69, 9.17) is 4.74 Å². The maximum atomic E-state index is 12.5. The molecule has 1 aromatic heterocycles. The van der Waals surface area contributed by atoms with Crippen molar-refractivity contribution in [2.75, 3.05) is 11.9 Å². The first kappa shape index (κ1) is 20.4. The predicted molar refractivity (Wildman–Crippen MR) is 92.3 cm³/mol. The molecule has 27 heavy (non-hydrogen) atoms. The van der Waals surface area contributed by atoms with Gasteiger partial charge in [-0.15, -0.1) is 11.3 Å². The molecule has 10 heteroatoms. The number of hydrogen-bond acceptors (Lipinski definition) is 5. The minimum atomic E-state index is -4.47. The number of ether oxygens (including phenoxy) is 1. The number of carbonyl (C=O) groups excluding carboxylic acids is 3. The predicted octanol–water partition coefficient (Wildman–Crippen LogP) is 3.07. The lowest BCUT2D eigenvalue weighted by Gasteiger charge is -2.14. The molecule has 1 aromatic carbocycles. The molecule has 0 spiro atoms. The number of benzene rings is 1.